The van der Waals surface area contributed by atoms with E-state index in [0.717, 1.165) is 27.6 Å². The third-order valence-corrected chi connectivity index (χ3v) is 5.97. The van der Waals surface area contributed by atoms with Crippen molar-refractivity contribution in [1.82, 2.24) is 4.98 Å². The molecule has 1 aromatic heterocycles. The molecule has 0 unspecified atom stereocenters. The third-order valence-electron chi connectivity index (χ3n) is 5.15. The number of carbonyl (C=O) groups is 2. The molecule has 0 aliphatic carbocycles. The number of para-hydroxylation sites is 1. The van der Waals surface area contributed by atoms with E-state index in [4.69, 9.17) is 4.74 Å². The highest BCUT2D eigenvalue weighted by Crippen LogP contribution is 2.21. The maximum Gasteiger partial charge on any atom is 0.323 e. The standard InChI is InChI=1S/C28H26N4O3S/c1-19-8-12-23(31-28(34)30-22-6-4-3-5-7-22)16-26(19)32-27(33)15-11-21-9-13-25(14-10-21)35-17-24-18-36-20(2)29-24/h3-16,18H,17H2,1-2H3,(H,32,33)(H2,30,31,34)/b15-11+. The summed E-state index contributed by atoms with van der Waals surface area (Å²) >= 11 is 1.60. The van der Waals surface area contributed by atoms with Crippen molar-refractivity contribution < 1.29 is 14.3 Å². The van der Waals surface area contributed by atoms with Gasteiger partial charge in [0, 0.05) is 28.5 Å². The fraction of sp³-hybridized carbons (Fsp3) is 0.107. The van der Waals surface area contributed by atoms with Gasteiger partial charge in [0.05, 0.1) is 10.7 Å². The second kappa shape index (κ2) is 11.8. The zero-order valence-electron chi connectivity index (χ0n) is 19.9. The smallest absolute Gasteiger partial charge is 0.323 e. The Labute approximate surface area is 213 Å². The van der Waals surface area contributed by atoms with Gasteiger partial charge in [0.25, 0.3) is 0 Å². The van der Waals surface area contributed by atoms with Crippen molar-refractivity contribution in [2.45, 2.75) is 20.5 Å². The fourth-order valence-electron chi connectivity index (χ4n) is 3.30. The monoisotopic (exact) mass is 498 g/mol. The molecular formula is C28H26N4O3S. The molecule has 8 heteroatoms. The normalized spacial score (nSPS) is 10.7. The number of anilines is 3. The van der Waals surface area contributed by atoms with Gasteiger partial charge in [-0.25, -0.2) is 9.78 Å². The van der Waals surface area contributed by atoms with Crippen molar-refractivity contribution in [3.05, 3.63) is 106 Å². The van der Waals surface area contributed by atoms with Gasteiger partial charge < -0.3 is 20.7 Å². The van der Waals surface area contributed by atoms with Gasteiger partial charge in [-0.3, -0.25) is 4.79 Å². The number of hydrogen-bond donors (Lipinski definition) is 3. The molecule has 36 heavy (non-hydrogen) atoms. The van der Waals surface area contributed by atoms with Crippen LogP contribution in [0, 0.1) is 13.8 Å². The van der Waals surface area contributed by atoms with Crippen molar-refractivity contribution in [3.63, 3.8) is 0 Å². The van der Waals surface area contributed by atoms with E-state index in [9.17, 15) is 9.59 Å². The van der Waals surface area contributed by atoms with Crippen LogP contribution in [0.5, 0.6) is 5.75 Å². The lowest BCUT2D eigenvalue weighted by atomic mass is 10.1. The molecule has 0 radical (unpaired) electrons. The SMILES string of the molecule is Cc1nc(COc2ccc(/C=C/C(=O)Nc3cc(NC(=O)Nc4ccccc4)ccc3C)cc2)cs1. The number of benzene rings is 3. The average Bonchev–Trinajstić information content (AvgIpc) is 3.29. The van der Waals surface area contributed by atoms with Gasteiger partial charge in [0.2, 0.25) is 5.91 Å². The highest BCUT2D eigenvalue weighted by molar-refractivity contribution is 7.09. The molecule has 3 aromatic carbocycles. The Kier molecular flexibility index (Phi) is 8.10. The van der Waals surface area contributed by atoms with Gasteiger partial charge in [0.1, 0.15) is 12.4 Å². The van der Waals surface area contributed by atoms with Gasteiger partial charge in [-0.05, 0) is 67.4 Å². The number of hydrogen-bond acceptors (Lipinski definition) is 5. The third kappa shape index (κ3) is 7.28. The summed E-state index contributed by atoms with van der Waals surface area (Å²) in [6.07, 6.45) is 3.20. The highest BCUT2D eigenvalue weighted by Gasteiger charge is 2.07. The van der Waals surface area contributed by atoms with E-state index in [1.165, 1.54) is 6.08 Å². The molecule has 0 aliphatic rings. The number of urea groups is 1. The van der Waals surface area contributed by atoms with Crippen molar-refractivity contribution in [3.8, 4) is 5.75 Å². The molecule has 182 valence electrons. The topological polar surface area (TPSA) is 92.3 Å². The molecule has 0 spiro atoms. The van der Waals surface area contributed by atoms with E-state index >= 15 is 0 Å². The fourth-order valence-corrected chi connectivity index (χ4v) is 3.90. The number of ether oxygens (including phenoxy) is 1. The molecule has 0 saturated carbocycles. The molecule has 4 rings (SSSR count). The minimum atomic E-state index is -0.364. The number of nitrogens with zero attached hydrogens (tertiary/aromatic N) is 1. The van der Waals surface area contributed by atoms with Crippen LogP contribution in [0.3, 0.4) is 0 Å². The van der Waals surface area contributed by atoms with E-state index in [1.807, 2.05) is 67.8 Å². The van der Waals surface area contributed by atoms with Crippen LogP contribution >= 0.6 is 11.3 Å². The summed E-state index contributed by atoms with van der Waals surface area (Å²) in [5.41, 5.74) is 4.52. The van der Waals surface area contributed by atoms with Crippen LogP contribution in [0.25, 0.3) is 6.08 Å². The Morgan fingerprint density at radius 1 is 0.917 bits per heavy atom. The molecule has 7 nitrogen and oxygen atoms in total. The molecule has 0 bridgehead atoms. The minimum absolute atomic E-state index is 0.275. The Balaban J connectivity index is 1.30. The zero-order valence-corrected chi connectivity index (χ0v) is 20.8. The van der Waals surface area contributed by atoms with Crippen LogP contribution in [-0.4, -0.2) is 16.9 Å². The van der Waals surface area contributed by atoms with E-state index in [2.05, 4.69) is 20.9 Å². The molecular weight excluding hydrogens is 472 g/mol. The number of aromatic nitrogens is 1. The molecule has 3 N–H and O–H groups in total. The summed E-state index contributed by atoms with van der Waals surface area (Å²) in [5, 5.41) is 11.4. The van der Waals surface area contributed by atoms with E-state index in [0.29, 0.717) is 23.7 Å². The number of aryl methyl sites for hydroxylation is 2. The summed E-state index contributed by atoms with van der Waals surface area (Å²) in [6, 6.07) is 21.6. The van der Waals surface area contributed by atoms with Gasteiger partial charge >= 0.3 is 6.03 Å². The molecule has 0 aliphatic heterocycles. The average molecular weight is 499 g/mol. The van der Waals surface area contributed by atoms with Crippen molar-refractivity contribution in [2.75, 3.05) is 16.0 Å². The maximum atomic E-state index is 12.5. The minimum Gasteiger partial charge on any atom is -0.487 e. The summed E-state index contributed by atoms with van der Waals surface area (Å²) < 4.78 is 5.76. The summed E-state index contributed by atoms with van der Waals surface area (Å²) in [7, 11) is 0. The van der Waals surface area contributed by atoms with E-state index < -0.39 is 0 Å². The number of thiazole rings is 1. The molecule has 4 aromatic rings. The Morgan fingerprint density at radius 2 is 1.67 bits per heavy atom. The van der Waals surface area contributed by atoms with Crippen LogP contribution in [0.15, 0.2) is 84.3 Å². The Hall–Kier alpha value is -4.43. The second-order valence-electron chi connectivity index (χ2n) is 8.01. The summed E-state index contributed by atoms with van der Waals surface area (Å²) in [6.45, 7) is 4.27. The van der Waals surface area contributed by atoms with Crippen molar-refractivity contribution in [2.24, 2.45) is 0 Å². The Morgan fingerprint density at radius 3 is 2.39 bits per heavy atom. The van der Waals surface area contributed by atoms with Crippen LogP contribution < -0.4 is 20.7 Å². The number of carbonyl (C=O) groups excluding carboxylic acids is 2. The number of nitrogens with one attached hydrogen (secondary N) is 3. The molecule has 0 saturated heterocycles. The summed E-state index contributed by atoms with van der Waals surface area (Å²) in [4.78, 5) is 29.2. The summed E-state index contributed by atoms with van der Waals surface area (Å²) in [5.74, 6) is 0.460. The Bertz CT molecular complexity index is 1370. The predicted molar refractivity (Wildman–Crippen MR) is 146 cm³/mol. The quantitative estimate of drug-likeness (QED) is 0.238. The van der Waals surface area contributed by atoms with Gasteiger partial charge in [-0.1, -0.05) is 36.4 Å². The number of rotatable bonds is 8. The van der Waals surface area contributed by atoms with Gasteiger partial charge in [-0.15, -0.1) is 11.3 Å². The van der Waals surface area contributed by atoms with Crippen LogP contribution in [0.2, 0.25) is 0 Å². The first-order valence-corrected chi connectivity index (χ1v) is 12.2. The second-order valence-corrected chi connectivity index (χ2v) is 9.08. The lowest BCUT2D eigenvalue weighted by Crippen LogP contribution is -2.19. The molecule has 1 heterocycles. The van der Waals surface area contributed by atoms with Crippen molar-refractivity contribution in [1.29, 1.82) is 0 Å². The first-order valence-electron chi connectivity index (χ1n) is 11.3. The van der Waals surface area contributed by atoms with Gasteiger partial charge in [-0.2, -0.15) is 0 Å². The maximum absolute atomic E-state index is 12.5. The zero-order chi connectivity index (χ0) is 25.3. The van der Waals surface area contributed by atoms with E-state index in [1.54, 1.807) is 41.7 Å². The first-order chi connectivity index (χ1) is 17.4. The molecule has 3 amide bonds. The van der Waals surface area contributed by atoms with E-state index in [-0.39, 0.29) is 11.9 Å². The highest BCUT2D eigenvalue weighted by atomic mass is 32.1. The number of amides is 3. The van der Waals surface area contributed by atoms with Crippen LogP contribution in [0.4, 0.5) is 21.9 Å². The van der Waals surface area contributed by atoms with Crippen molar-refractivity contribution >= 4 is 46.4 Å². The van der Waals surface area contributed by atoms with Gasteiger partial charge in [0.15, 0.2) is 0 Å². The lowest BCUT2D eigenvalue weighted by molar-refractivity contribution is -0.111. The predicted octanol–water partition coefficient (Wildman–Crippen LogP) is 6.63. The largest absolute Gasteiger partial charge is 0.487 e. The molecule has 0 atom stereocenters. The lowest BCUT2D eigenvalue weighted by Gasteiger charge is -2.11. The van der Waals surface area contributed by atoms with Crippen LogP contribution in [-0.2, 0) is 11.4 Å². The molecule has 0 fully saturated rings. The van der Waals surface area contributed by atoms with Crippen LogP contribution in [0.1, 0.15) is 21.8 Å². The first kappa shape index (κ1) is 24.7.